The minimum atomic E-state index is 0.816. The average molecular weight is 338 g/mol. The Balaban J connectivity index is 1.31. The number of piperidine rings is 1. The summed E-state index contributed by atoms with van der Waals surface area (Å²) in [5, 5.41) is 6.95. The maximum absolute atomic E-state index is 5.69. The zero-order valence-electron chi connectivity index (χ0n) is 15.0. The van der Waals surface area contributed by atoms with Gasteiger partial charge >= 0.3 is 0 Å². The summed E-state index contributed by atoms with van der Waals surface area (Å²) >= 11 is 0. The topological polar surface area (TPSA) is 53.3 Å². The minimum absolute atomic E-state index is 0.816. The van der Waals surface area contributed by atoms with Crippen LogP contribution in [0.25, 0.3) is 0 Å². The van der Waals surface area contributed by atoms with Gasteiger partial charge in [0.25, 0.3) is 0 Å². The van der Waals surface area contributed by atoms with Crippen LogP contribution in [-0.4, -0.2) is 26.2 Å². The number of nitrogens with zero attached hydrogens (tertiary/aromatic N) is 1. The molecule has 0 aromatic heterocycles. The Morgan fingerprint density at radius 1 is 0.720 bits per heavy atom. The van der Waals surface area contributed by atoms with E-state index in [-0.39, 0.29) is 0 Å². The fraction of sp³-hybridized carbons (Fsp3) is 0.429. The SMILES string of the molecule is Nc1ccc(CNCCNCc2ccc(N3CCCCC3)cc2)cc1. The van der Waals surface area contributed by atoms with E-state index in [9.17, 15) is 0 Å². The van der Waals surface area contributed by atoms with Crippen molar-refractivity contribution in [2.45, 2.75) is 32.4 Å². The largest absolute Gasteiger partial charge is 0.399 e. The smallest absolute Gasteiger partial charge is 0.0366 e. The van der Waals surface area contributed by atoms with E-state index in [1.807, 2.05) is 12.1 Å². The second-order valence-corrected chi connectivity index (χ2v) is 6.81. The molecule has 3 rings (SSSR count). The number of anilines is 2. The lowest BCUT2D eigenvalue weighted by Crippen LogP contribution is -2.29. The van der Waals surface area contributed by atoms with Crippen molar-refractivity contribution in [1.29, 1.82) is 0 Å². The Bertz CT molecular complexity index is 615. The molecule has 25 heavy (non-hydrogen) atoms. The molecule has 2 aromatic carbocycles. The van der Waals surface area contributed by atoms with Gasteiger partial charge in [-0.1, -0.05) is 24.3 Å². The number of nitrogens with two attached hydrogens (primary N) is 1. The molecule has 1 aliphatic rings. The summed E-state index contributed by atoms with van der Waals surface area (Å²) in [5.74, 6) is 0. The summed E-state index contributed by atoms with van der Waals surface area (Å²) in [4.78, 5) is 2.50. The quantitative estimate of drug-likeness (QED) is 0.511. The number of nitrogens with one attached hydrogen (secondary N) is 2. The van der Waals surface area contributed by atoms with Crippen LogP contribution < -0.4 is 21.3 Å². The summed E-state index contributed by atoms with van der Waals surface area (Å²) in [5.41, 5.74) is 10.5. The maximum atomic E-state index is 5.69. The van der Waals surface area contributed by atoms with Gasteiger partial charge in [0.15, 0.2) is 0 Å². The van der Waals surface area contributed by atoms with Crippen LogP contribution in [0.15, 0.2) is 48.5 Å². The van der Waals surface area contributed by atoms with Crippen LogP contribution in [0.1, 0.15) is 30.4 Å². The standard InChI is InChI=1S/C21H30N4/c22-20-8-4-18(5-9-20)16-23-12-13-24-17-19-6-10-21(11-7-19)25-14-2-1-3-15-25/h4-11,23-24H,1-3,12-17,22H2. The highest BCUT2D eigenvalue weighted by Gasteiger charge is 2.10. The molecule has 4 heteroatoms. The molecular formula is C21H30N4. The van der Waals surface area contributed by atoms with E-state index in [2.05, 4.69) is 51.9 Å². The summed E-state index contributed by atoms with van der Waals surface area (Å²) in [6, 6.07) is 17.1. The van der Waals surface area contributed by atoms with Gasteiger partial charge in [-0.2, -0.15) is 0 Å². The van der Waals surface area contributed by atoms with Gasteiger partial charge in [0, 0.05) is 50.6 Å². The summed E-state index contributed by atoms with van der Waals surface area (Å²) in [6.07, 6.45) is 4.03. The van der Waals surface area contributed by atoms with Crippen LogP contribution in [-0.2, 0) is 13.1 Å². The van der Waals surface area contributed by atoms with Crippen molar-refractivity contribution < 1.29 is 0 Å². The Labute approximate surface area is 151 Å². The first kappa shape index (κ1) is 17.8. The van der Waals surface area contributed by atoms with Crippen molar-refractivity contribution in [3.05, 3.63) is 59.7 Å². The van der Waals surface area contributed by atoms with Gasteiger partial charge < -0.3 is 21.3 Å². The van der Waals surface area contributed by atoms with E-state index in [1.165, 1.54) is 49.2 Å². The number of hydrogen-bond acceptors (Lipinski definition) is 4. The van der Waals surface area contributed by atoms with E-state index in [0.29, 0.717) is 0 Å². The minimum Gasteiger partial charge on any atom is -0.399 e. The zero-order valence-corrected chi connectivity index (χ0v) is 15.0. The van der Waals surface area contributed by atoms with Crippen LogP contribution in [0.4, 0.5) is 11.4 Å². The summed E-state index contributed by atoms with van der Waals surface area (Å²) in [6.45, 7) is 6.13. The molecule has 0 saturated carbocycles. The Hall–Kier alpha value is -2.04. The van der Waals surface area contributed by atoms with E-state index in [1.54, 1.807) is 0 Å². The van der Waals surface area contributed by atoms with Crippen LogP contribution in [0.2, 0.25) is 0 Å². The highest BCUT2D eigenvalue weighted by atomic mass is 15.1. The maximum Gasteiger partial charge on any atom is 0.0366 e. The molecule has 4 nitrogen and oxygen atoms in total. The highest BCUT2D eigenvalue weighted by Crippen LogP contribution is 2.20. The van der Waals surface area contributed by atoms with Crippen molar-refractivity contribution in [2.75, 3.05) is 36.8 Å². The van der Waals surface area contributed by atoms with Gasteiger partial charge in [-0.05, 0) is 54.7 Å². The third-order valence-corrected chi connectivity index (χ3v) is 4.77. The van der Waals surface area contributed by atoms with E-state index in [4.69, 9.17) is 5.73 Å². The van der Waals surface area contributed by atoms with Crippen LogP contribution in [0, 0.1) is 0 Å². The van der Waals surface area contributed by atoms with Crippen molar-refractivity contribution in [1.82, 2.24) is 10.6 Å². The third kappa shape index (κ3) is 5.76. The van der Waals surface area contributed by atoms with Crippen LogP contribution in [0.5, 0.6) is 0 Å². The summed E-state index contributed by atoms with van der Waals surface area (Å²) in [7, 11) is 0. The van der Waals surface area contributed by atoms with Crippen molar-refractivity contribution in [3.63, 3.8) is 0 Å². The molecule has 0 bridgehead atoms. The highest BCUT2D eigenvalue weighted by molar-refractivity contribution is 5.47. The van der Waals surface area contributed by atoms with Gasteiger partial charge in [0.05, 0.1) is 0 Å². The predicted molar refractivity (Wildman–Crippen MR) is 107 cm³/mol. The van der Waals surface area contributed by atoms with Gasteiger partial charge in [-0.3, -0.25) is 0 Å². The Morgan fingerprint density at radius 2 is 1.24 bits per heavy atom. The second kappa shape index (κ2) is 9.44. The first-order chi connectivity index (χ1) is 12.3. The van der Waals surface area contributed by atoms with Crippen molar-refractivity contribution in [2.24, 2.45) is 0 Å². The molecule has 1 saturated heterocycles. The number of nitrogen functional groups attached to an aromatic ring is 1. The number of rotatable bonds is 8. The lowest BCUT2D eigenvalue weighted by molar-refractivity contribution is 0.577. The van der Waals surface area contributed by atoms with E-state index in [0.717, 1.165) is 31.9 Å². The molecule has 1 aliphatic heterocycles. The van der Waals surface area contributed by atoms with Gasteiger partial charge in [-0.15, -0.1) is 0 Å². The molecule has 1 fully saturated rings. The molecule has 1 heterocycles. The monoisotopic (exact) mass is 338 g/mol. The molecule has 0 aliphatic carbocycles. The number of benzene rings is 2. The molecule has 0 radical (unpaired) electrons. The predicted octanol–water partition coefficient (Wildman–Crippen LogP) is 3.14. The lowest BCUT2D eigenvalue weighted by atomic mass is 10.1. The molecule has 0 unspecified atom stereocenters. The zero-order chi connectivity index (χ0) is 17.3. The molecule has 0 spiro atoms. The van der Waals surface area contributed by atoms with Crippen LogP contribution >= 0.6 is 0 Å². The normalized spacial score (nSPS) is 14.6. The molecule has 4 N–H and O–H groups in total. The molecule has 0 atom stereocenters. The second-order valence-electron chi connectivity index (χ2n) is 6.81. The van der Waals surface area contributed by atoms with E-state index < -0.39 is 0 Å². The van der Waals surface area contributed by atoms with Gasteiger partial charge in [0.1, 0.15) is 0 Å². The fourth-order valence-electron chi connectivity index (χ4n) is 3.25. The molecule has 134 valence electrons. The Morgan fingerprint density at radius 3 is 1.80 bits per heavy atom. The lowest BCUT2D eigenvalue weighted by Gasteiger charge is -2.28. The van der Waals surface area contributed by atoms with Gasteiger partial charge in [0.2, 0.25) is 0 Å². The first-order valence-electron chi connectivity index (χ1n) is 9.41. The first-order valence-corrected chi connectivity index (χ1v) is 9.41. The number of hydrogen-bond donors (Lipinski definition) is 3. The summed E-state index contributed by atoms with van der Waals surface area (Å²) < 4.78 is 0. The fourth-order valence-corrected chi connectivity index (χ4v) is 3.25. The third-order valence-electron chi connectivity index (χ3n) is 4.77. The van der Waals surface area contributed by atoms with Crippen molar-refractivity contribution in [3.8, 4) is 0 Å². The average Bonchev–Trinajstić information content (AvgIpc) is 2.67. The van der Waals surface area contributed by atoms with E-state index >= 15 is 0 Å². The Kier molecular flexibility index (Phi) is 6.71. The molecular weight excluding hydrogens is 308 g/mol. The van der Waals surface area contributed by atoms with Crippen molar-refractivity contribution >= 4 is 11.4 Å². The molecule has 0 amide bonds. The van der Waals surface area contributed by atoms with Crippen LogP contribution in [0.3, 0.4) is 0 Å². The van der Waals surface area contributed by atoms with Gasteiger partial charge in [-0.25, -0.2) is 0 Å². The molecule has 2 aromatic rings.